The maximum atomic E-state index is 11.8. The van der Waals surface area contributed by atoms with Gasteiger partial charge in [0.05, 0.1) is 0 Å². The first-order valence-corrected chi connectivity index (χ1v) is 7.01. The average molecular weight is 275 g/mol. The van der Waals surface area contributed by atoms with Gasteiger partial charge in [-0.05, 0) is 38.7 Å². The zero-order valence-electron chi connectivity index (χ0n) is 12.1. The fourth-order valence-electron chi connectivity index (χ4n) is 2.74. The van der Waals surface area contributed by atoms with Crippen molar-refractivity contribution in [1.82, 2.24) is 5.32 Å². The molecule has 0 aromatic carbocycles. The number of rotatable bonds is 1. The van der Waals surface area contributed by atoms with Gasteiger partial charge in [-0.25, -0.2) is 4.79 Å². The largest absolute Gasteiger partial charge is 0.454 e. The maximum absolute atomic E-state index is 11.8. The minimum absolute atomic E-state index is 0.0244. The summed E-state index contributed by atoms with van der Waals surface area (Å²) >= 11 is 0. The van der Waals surface area contributed by atoms with Gasteiger partial charge in [0, 0.05) is 24.1 Å². The molecule has 2 atom stereocenters. The number of likely N-dealkylation sites (N-methyl/N-ethyl adjacent to an activating group) is 1. The van der Waals surface area contributed by atoms with E-state index in [4.69, 9.17) is 4.74 Å². The smallest absolute Gasteiger partial charge is 0.334 e. The lowest BCUT2D eigenvalue weighted by atomic mass is 9.87. The van der Waals surface area contributed by atoms with Gasteiger partial charge >= 0.3 is 5.97 Å². The molecule has 0 bridgehead atoms. The van der Waals surface area contributed by atoms with Crippen LogP contribution in [0.3, 0.4) is 0 Å². The Morgan fingerprint density at radius 2 is 2.20 bits per heavy atom. The van der Waals surface area contributed by atoms with E-state index in [-0.39, 0.29) is 23.9 Å². The number of esters is 1. The topological polar surface area (TPSA) is 55.4 Å². The van der Waals surface area contributed by atoms with Crippen LogP contribution < -0.4 is 5.32 Å². The lowest BCUT2D eigenvalue weighted by Gasteiger charge is -2.18. The van der Waals surface area contributed by atoms with Gasteiger partial charge in [-0.2, -0.15) is 0 Å². The predicted molar refractivity (Wildman–Crippen MR) is 76.9 cm³/mol. The Kier molecular flexibility index (Phi) is 4.42. The fraction of sp³-hybridized carbons (Fsp3) is 0.500. The molecule has 1 aliphatic heterocycles. The summed E-state index contributed by atoms with van der Waals surface area (Å²) in [7, 11) is 1.64. The number of ether oxygens (including phenoxy) is 1. The maximum Gasteiger partial charge on any atom is 0.334 e. The van der Waals surface area contributed by atoms with Crippen LogP contribution in [0, 0.1) is 5.92 Å². The van der Waals surface area contributed by atoms with Crippen LogP contribution in [0.25, 0.3) is 0 Å². The SMILES string of the molecule is C=C1C(=O)O[C@@H]2C=C(C)CCC=C(C(=O)NC)CC[C@@H]12. The zero-order chi connectivity index (χ0) is 14.7. The number of hydrogen-bond donors (Lipinski definition) is 1. The van der Waals surface area contributed by atoms with Crippen molar-refractivity contribution in [3.05, 3.63) is 35.5 Å². The van der Waals surface area contributed by atoms with Crippen LogP contribution in [0.15, 0.2) is 35.5 Å². The summed E-state index contributed by atoms with van der Waals surface area (Å²) in [5, 5.41) is 2.67. The van der Waals surface area contributed by atoms with E-state index in [0.717, 1.165) is 18.4 Å². The second-order valence-electron chi connectivity index (χ2n) is 5.40. The molecule has 108 valence electrons. The molecule has 1 N–H and O–H groups in total. The summed E-state index contributed by atoms with van der Waals surface area (Å²) in [6, 6.07) is 0. The minimum Gasteiger partial charge on any atom is -0.454 e. The molecule has 0 radical (unpaired) electrons. The molecule has 2 aliphatic rings. The summed E-state index contributed by atoms with van der Waals surface area (Å²) in [5.74, 6) is -0.378. The first-order valence-electron chi connectivity index (χ1n) is 7.01. The van der Waals surface area contributed by atoms with Gasteiger partial charge < -0.3 is 10.1 Å². The van der Waals surface area contributed by atoms with Gasteiger partial charge in [0.25, 0.3) is 0 Å². The van der Waals surface area contributed by atoms with Crippen LogP contribution in [0.4, 0.5) is 0 Å². The third-order valence-corrected chi connectivity index (χ3v) is 3.97. The van der Waals surface area contributed by atoms with Crippen molar-refractivity contribution in [3.8, 4) is 0 Å². The molecule has 4 heteroatoms. The summed E-state index contributed by atoms with van der Waals surface area (Å²) in [4.78, 5) is 23.5. The molecule has 0 aromatic heterocycles. The Bertz CT molecular complexity index is 502. The average Bonchev–Trinajstić information content (AvgIpc) is 2.68. The van der Waals surface area contributed by atoms with Gasteiger partial charge in [0.1, 0.15) is 6.10 Å². The van der Waals surface area contributed by atoms with E-state index >= 15 is 0 Å². The molecule has 1 aliphatic carbocycles. The highest BCUT2D eigenvalue weighted by Gasteiger charge is 2.37. The van der Waals surface area contributed by atoms with Crippen molar-refractivity contribution in [3.63, 3.8) is 0 Å². The van der Waals surface area contributed by atoms with Crippen LogP contribution in [-0.4, -0.2) is 25.0 Å². The number of allylic oxidation sites excluding steroid dienone is 2. The second-order valence-corrected chi connectivity index (χ2v) is 5.40. The summed E-state index contributed by atoms with van der Waals surface area (Å²) < 4.78 is 5.37. The van der Waals surface area contributed by atoms with Crippen molar-refractivity contribution >= 4 is 11.9 Å². The number of nitrogens with one attached hydrogen (secondary N) is 1. The number of amides is 1. The first-order chi connectivity index (χ1) is 9.52. The van der Waals surface area contributed by atoms with Crippen molar-refractivity contribution in [2.45, 2.75) is 38.7 Å². The molecular formula is C16H21NO3. The number of carbonyl (C=O) groups is 2. The summed E-state index contributed by atoms with van der Waals surface area (Å²) in [6.45, 7) is 5.87. The van der Waals surface area contributed by atoms with Crippen LogP contribution in [-0.2, 0) is 14.3 Å². The standard InChI is InChI=1S/C16H21NO3/c1-10-5-4-6-12(15(18)17-3)7-8-13-11(2)16(19)20-14(13)9-10/h6,9,13-14H,2,4-5,7-8H2,1,3H3,(H,17,18)/t13-,14+/m0/s1. The molecule has 2 rings (SSSR count). The molecule has 0 spiro atoms. The lowest BCUT2D eigenvalue weighted by Crippen LogP contribution is -2.22. The van der Waals surface area contributed by atoms with Crippen molar-refractivity contribution < 1.29 is 14.3 Å². The van der Waals surface area contributed by atoms with Gasteiger partial charge in [-0.1, -0.05) is 18.2 Å². The Hall–Kier alpha value is -1.84. The molecule has 1 fully saturated rings. The van der Waals surface area contributed by atoms with E-state index in [1.165, 1.54) is 5.57 Å². The van der Waals surface area contributed by atoms with Gasteiger partial charge in [0.2, 0.25) is 5.91 Å². The molecule has 0 aromatic rings. The Morgan fingerprint density at radius 1 is 1.45 bits per heavy atom. The lowest BCUT2D eigenvalue weighted by molar-refractivity contribution is -0.137. The highest BCUT2D eigenvalue weighted by molar-refractivity contribution is 5.93. The van der Waals surface area contributed by atoms with E-state index in [1.807, 2.05) is 19.1 Å². The van der Waals surface area contributed by atoms with E-state index in [2.05, 4.69) is 11.9 Å². The molecule has 0 unspecified atom stereocenters. The third-order valence-electron chi connectivity index (χ3n) is 3.97. The van der Waals surface area contributed by atoms with E-state index in [1.54, 1.807) is 7.05 Å². The monoisotopic (exact) mass is 275 g/mol. The molecule has 20 heavy (non-hydrogen) atoms. The Labute approximate surface area is 119 Å². The van der Waals surface area contributed by atoms with E-state index in [0.29, 0.717) is 18.4 Å². The van der Waals surface area contributed by atoms with Crippen molar-refractivity contribution in [2.75, 3.05) is 7.05 Å². The predicted octanol–water partition coefficient (Wildman–Crippen LogP) is 2.28. The summed E-state index contributed by atoms with van der Waals surface area (Å²) in [6.07, 6.45) is 6.85. The molecule has 1 amide bonds. The third kappa shape index (κ3) is 3.00. The molecule has 1 saturated heterocycles. The molecule has 4 nitrogen and oxygen atoms in total. The first kappa shape index (κ1) is 14.6. The minimum atomic E-state index is -0.311. The van der Waals surface area contributed by atoms with E-state index < -0.39 is 0 Å². The van der Waals surface area contributed by atoms with E-state index in [9.17, 15) is 9.59 Å². The number of carbonyl (C=O) groups excluding carboxylic acids is 2. The fourth-order valence-corrected chi connectivity index (χ4v) is 2.74. The van der Waals surface area contributed by atoms with Gasteiger partial charge in [-0.3, -0.25) is 4.79 Å². The molecular weight excluding hydrogens is 254 g/mol. The highest BCUT2D eigenvalue weighted by atomic mass is 16.5. The second kappa shape index (κ2) is 6.07. The molecule has 0 saturated carbocycles. The highest BCUT2D eigenvalue weighted by Crippen LogP contribution is 2.34. The zero-order valence-corrected chi connectivity index (χ0v) is 12.1. The van der Waals surface area contributed by atoms with Crippen molar-refractivity contribution in [1.29, 1.82) is 0 Å². The normalized spacial score (nSPS) is 27.1. The number of fused-ring (bicyclic) bond motifs is 1. The van der Waals surface area contributed by atoms with Gasteiger partial charge in [-0.15, -0.1) is 0 Å². The Balaban J connectivity index is 2.24. The van der Waals surface area contributed by atoms with Crippen molar-refractivity contribution in [2.24, 2.45) is 5.92 Å². The van der Waals surface area contributed by atoms with Crippen LogP contribution in [0.5, 0.6) is 0 Å². The number of hydrogen-bond acceptors (Lipinski definition) is 3. The van der Waals surface area contributed by atoms with Crippen LogP contribution in [0.2, 0.25) is 0 Å². The van der Waals surface area contributed by atoms with Crippen LogP contribution >= 0.6 is 0 Å². The van der Waals surface area contributed by atoms with Gasteiger partial charge in [0.15, 0.2) is 0 Å². The summed E-state index contributed by atoms with van der Waals surface area (Å²) in [5.41, 5.74) is 2.49. The van der Waals surface area contributed by atoms with Crippen LogP contribution in [0.1, 0.15) is 32.6 Å². The quantitative estimate of drug-likeness (QED) is 0.454. The molecule has 1 heterocycles. The Morgan fingerprint density at radius 3 is 2.90 bits per heavy atom.